The predicted molar refractivity (Wildman–Crippen MR) is 271 cm³/mol. The van der Waals surface area contributed by atoms with E-state index in [0.717, 1.165) is 86.4 Å². The molecule has 13 nitrogen and oxygen atoms in total. The maximum Gasteiger partial charge on any atom is 0.321 e. The third kappa shape index (κ3) is 11.7. The maximum absolute atomic E-state index is 13.4. The number of rotatable bonds is 11. The molecular formula is C56H63F2N7O6. The van der Waals surface area contributed by atoms with Gasteiger partial charge in [0, 0.05) is 78.2 Å². The molecule has 5 N–H and O–H groups in total. The summed E-state index contributed by atoms with van der Waals surface area (Å²) in [6.45, 7) is 5.02. The minimum absolute atomic E-state index is 0.00118. The molecule has 4 fully saturated rings. The predicted octanol–water partition coefficient (Wildman–Crippen LogP) is 9.78. The van der Waals surface area contributed by atoms with Crippen LogP contribution in [0.15, 0.2) is 116 Å². The molecule has 4 saturated heterocycles. The van der Waals surface area contributed by atoms with Crippen molar-refractivity contribution in [1.82, 2.24) is 29.6 Å². The second kappa shape index (κ2) is 22.5. The van der Waals surface area contributed by atoms with Crippen molar-refractivity contribution in [1.29, 1.82) is 0 Å². The number of hydrogen-bond acceptors (Lipinski definition) is 6. The Balaban J connectivity index is 0.000000176. The molecule has 0 spiro atoms. The van der Waals surface area contributed by atoms with Crippen LogP contribution in [0.5, 0.6) is 0 Å². The van der Waals surface area contributed by atoms with Crippen LogP contribution < -0.4 is 5.32 Å². The molecule has 4 aliphatic heterocycles. The van der Waals surface area contributed by atoms with E-state index < -0.39 is 41.7 Å². The summed E-state index contributed by atoms with van der Waals surface area (Å²) in [5.41, 5.74) is 5.99. The molecule has 6 heterocycles. The Hall–Kier alpha value is -6.84. The zero-order valence-electron chi connectivity index (χ0n) is 39.9. The first-order valence-electron chi connectivity index (χ1n) is 25.1. The molecule has 3 amide bonds. The third-order valence-electron chi connectivity index (χ3n) is 15.4. The van der Waals surface area contributed by atoms with E-state index in [1.54, 1.807) is 11.0 Å². The first-order chi connectivity index (χ1) is 34.5. The number of aromatic amines is 2. The zero-order chi connectivity index (χ0) is 49.4. The number of carbonyl (C=O) groups excluding carboxylic acids is 2. The van der Waals surface area contributed by atoms with Gasteiger partial charge in [-0.15, -0.1) is 0 Å². The van der Waals surface area contributed by atoms with E-state index in [4.69, 9.17) is 0 Å². The lowest BCUT2D eigenvalue weighted by Crippen LogP contribution is -2.52. The van der Waals surface area contributed by atoms with Crippen molar-refractivity contribution >= 4 is 57.4 Å². The summed E-state index contributed by atoms with van der Waals surface area (Å²) in [5, 5.41) is 25.2. The van der Waals surface area contributed by atoms with Gasteiger partial charge in [0.25, 0.3) is 0 Å². The Bertz CT molecular complexity index is 2800. The Labute approximate surface area is 412 Å². The summed E-state index contributed by atoms with van der Waals surface area (Å²) in [6.07, 6.45) is 14.0. The number of H-pyrrole nitrogens is 2. The number of carboxylic acids is 2. The standard InChI is InChI=1S/C29H33N3O3.C27H30F2N4O3/c33-27(11-10-21-6-2-1-3-7-21)31-16-14-23(15-17-31)28(29(34)35)32-18-12-22(13-19-32)25-20-30-26-9-5-4-8-24(25)26;28-19-13-20(29)15-21(14-19)31-27(36)33-11-7-18(8-12-33)25(26(34)35)32-9-5-17(6-10-32)23-16-30-24-4-2-1-3-22(23)24/h1-11,20,22-23,28,30H,12-19H2,(H,34,35);1-4,13-18,25,30H,5-12H2,(H,31,36)(H,34,35)/b11-10+;. The number of fused-ring (bicyclic) bond motifs is 2. The van der Waals surface area contributed by atoms with Gasteiger partial charge in [-0.3, -0.25) is 24.2 Å². The first-order valence-corrected chi connectivity index (χ1v) is 25.1. The summed E-state index contributed by atoms with van der Waals surface area (Å²) in [4.78, 5) is 64.2. The topological polar surface area (TPSA) is 165 Å². The number of amides is 3. The van der Waals surface area contributed by atoms with E-state index >= 15 is 0 Å². The molecule has 0 bridgehead atoms. The van der Waals surface area contributed by atoms with Crippen molar-refractivity contribution in [3.63, 3.8) is 0 Å². The Morgan fingerprint density at radius 3 is 1.46 bits per heavy atom. The van der Waals surface area contributed by atoms with Crippen molar-refractivity contribution in [3.05, 3.63) is 144 Å². The SMILES string of the molecule is O=C(O)C(C1CCN(C(=O)/C=C/c2ccccc2)CC1)N1CCC(c2c[nH]c3ccccc23)CC1.O=C(O)C(C1CCN(C(=O)Nc2cc(F)cc(F)c2)CC1)N1CCC(c2c[nH]c3ccccc23)CC1. The molecule has 0 saturated carbocycles. The quantitative estimate of drug-likeness (QED) is 0.0801. The van der Waals surface area contributed by atoms with Gasteiger partial charge in [0.05, 0.1) is 0 Å². The highest BCUT2D eigenvalue weighted by molar-refractivity contribution is 5.92. The third-order valence-corrected chi connectivity index (χ3v) is 15.4. The molecule has 6 aromatic rings. The number of aliphatic carboxylic acids is 2. The summed E-state index contributed by atoms with van der Waals surface area (Å²) in [7, 11) is 0. The highest BCUT2D eigenvalue weighted by Gasteiger charge is 2.40. The number of hydrogen-bond donors (Lipinski definition) is 5. The second-order valence-corrected chi connectivity index (χ2v) is 19.6. The average molecular weight is 968 g/mol. The summed E-state index contributed by atoms with van der Waals surface area (Å²) in [6, 6.07) is 27.8. The van der Waals surface area contributed by atoms with Gasteiger partial charge in [-0.25, -0.2) is 13.6 Å². The van der Waals surface area contributed by atoms with E-state index in [2.05, 4.69) is 67.8 Å². The van der Waals surface area contributed by atoms with Crippen LogP contribution in [0.2, 0.25) is 0 Å². The number of nitrogens with zero attached hydrogens (tertiary/aromatic N) is 4. The van der Waals surface area contributed by atoms with E-state index in [9.17, 15) is 38.2 Å². The van der Waals surface area contributed by atoms with Crippen LogP contribution in [-0.2, 0) is 14.4 Å². The van der Waals surface area contributed by atoms with Gasteiger partial charge in [0.15, 0.2) is 0 Å². The molecule has 10 rings (SSSR count). The smallest absolute Gasteiger partial charge is 0.321 e. The Kier molecular flexibility index (Phi) is 15.6. The number of carboxylic acid groups (broad SMARTS) is 2. The first kappa shape index (κ1) is 49.2. The number of piperidine rings is 4. The van der Waals surface area contributed by atoms with Crippen molar-refractivity contribution in [2.24, 2.45) is 11.8 Å². The normalized spacial score (nSPS) is 19.1. The largest absolute Gasteiger partial charge is 0.480 e. The minimum atomic E-state index is -0.821. The Morgan fingerprint density at radius 2 is 1.00 bits per heavy atom. The maximum atomic E-state index is 13.4. The fraction of sp³-hybridized carbons (Fsp3) is 0.393. The fourth-order valence-corrected chi connectivity index (χ4v) is 11.7. The van der Waals surface area contributed by atoms with E-state index in [1.165, 1.54) is 21.9 Å². The van der Waals surface area contributed by atoms with Crippen LogP contribution in [0.4, 0.5) is 19.3 Å². The van der Waals surface area contributed by atoms with E-state index in [-0.39, 0.29) is 23.4 Å². The van der Waals surface area contributed by atoms with Crippen LogP contribution in [0.25, 0.3) is 27.9 Å². The summed E-state index contributed by atoms with van der Waals surface area (Å²) >= 11 is 0. The number of anilines is 1. The van der Waals surface area contributed by atoms with E-state index in [1.807, 2.05) is 59.5 Å². The van der Waals surface area contributed by atoms with E-state index in [0.29, 0.717) is 63.9 Å². The van der Waals surface area contributed by atoms with Gasteiger partial charge in [-0.1, -0.05) is 66.7 Å². The zero-order valence-corrected chi connectivity index (χ0v) is 39.9. The van der Waals surface area contributed by atoms with Crippen molar-refractivity contribution in [2.45, 2.75) is 75.3 Å². The lowest BCUT2D eigenvalue weighted by atomic mass is 9.84. The van der Waals surface area contributed by atoms with Crippen LogP contribution in [0.3, 0.4) is 0 Å². The molecule has 2 aromatic heterocycles. The van der Waals surface area contributed by atoms with Crippen molar-refractivity contribution < 1.29 is 38.2 Å². The number of carbonyl (C=O) groups is 4. The number of nitrogens with one attached hydrogen (secondary N) is 3. The second-order valence-electron chi connectivity index (χ2n) is 19.6. The Morgan fingerprint density at radius 1 is 0.563 bits per heavy atom. The lowest BCUT2D eigenvalue weighted by molar-refractivity contribution is -0.148. The van der Waals surface area contributed by atoms with Crippen LogP contribution in [0, 0.1) is 23.5 Å². The van der Waals surface area contributed by atoms with Crippen molar-refractivity contribution in [3.8, 4) is 0 Å². The molecule has 372 valence electrons. The van der Waals surface area contributed by atoms with Gasteiger partial charge in [0.1, 0.15) is 23.7 Å². The molecule has 71 heavy (non-hydrogen) atoms. The summed E-state index contributed by atoms with van der Waals surface area (Å²) < 4.78 is 26.8. The average Bonchev–Trinajstić information content (AvgIpc) is 4.02. The van der Waals surface area contributed by atoms with Gasteiger partial charge in [-0.2, -0.15) is 0 Å². The van der Waals surface area contributed by atoms with Crippen LogP contribution >= 0.6 is 0 Å². The molecule has 4 aliphatic rings. The molecular weight excluding hydrogens is 905 g/mol. The van der Waals surface area contributed by atoms with Crippen LogP contribution in [-0.4, -0.2) is 128 Å². The number of para-hydroxylation sites is 2. The molecule has 4 aromatic carbocycles. The number of halogens is 2. The molecule has 15 heteroatoms. The fourth-order valence-electron chi connectivity index (χ4n) is 11.7. The van der Waals surface area contributed by atoms with Gasteiger partial charge in [-0.05, 0) is 148 Å². The highest BCUT2D eigenvalue weighted by atomic mass is 19.1. The molecule has 0 radical (unpaired) electrons. The number of likely N-dealkylation sites (tertiary alicyclic amines) is 4. The van der Waals surface area contributed by atoms with Gasteiger partial charge >= 0.3 is 18.0 Å². The molecule has 0 aliphatic carbocycles. The van der Waals surface area contributed by atoms with Crippen molar-refractivity contribution in [2.75, 3.05) is 57.7 Å². The summed E-state index contributed by atoms with van der Waals surface area (Å²) in [5.74, 6) is -2.23. The lowest BCUT2D eigenvalue weighted by Gasteiger charge is -2.41. The monoisotopic (exact) mass is 967 g/mol. The number of aromatic nitrogens is 2. The number of benzene rings is 4. The highest BCUT2D eigenvalue weighted by Crippen LogP contribution is 2.37. The molecule has 2 atom stereocenters. The number of urea groups is 1. The molecule has 2 unspecified atom stereocenters. The minimum Gasteiger partial charge on any atom is -0.480 e. The van der Waals surface area contributed by atoms with Gasteiger partial charge in [0.2, 0.25) is 5.91 Å². The van der Waals surface area contributed by atoms with Gasteiger partial charge < -0.3 is 35.3 Å². The van der Waals surface area contributed by atoms with Crippen LogP contribution in [0.1, 0.15) is 79.9 Å².